The third kappa shape index (κ3) is 1.76. The summed E-state index contributed by atoms with van der Waals surface area (Å²) in [6.07, 6.45) is 3.55. The molecule has 0 aliphatic carbocycles. The van der Waals surface area contributed by atoms with Crippen molar-refractivity contribution in [3.63, 3.8) is 0 Å². The molecule has 2 rings (SSSR count). The lowest BCUT2D eigenvalue weighted by molar-refractivity contribution is 1.17. The molecule has 1 aromatic rings. The summed E-state index contributed by atoms with van der Waals surface area (Å²) in [7, 11) is 0. The van der Waals surface area contributed by atoms with Crippen LogP contribution in [-0.2, 0) is 0 Å². The van der Waals surface area contributed by atoms with Crippen LogP contribution in [0.5, 0.6) is 0 Å². The minimum atomic E-state index is 0.924. The van der Waals surface area contributed by atoms with E-state index >= 15 is 0 Å². The molecule has 0 amide bonds. The lowest BCUT2D eigenvalue weighted by atomic mass is 10.4. The Labute approximate surface area is 75.3 Å². The summed E-state index contributed by atoms with van der Waals surface area (Å²) in [4.78, 5) is 8.27. The van der Waals surface area contributed by atoms with Gasteiger partial charge in [0.2, 0.25) is 0 Å². The molecule has 62 valence electrons. The van der Waals surface area contributed by atoms with Gasteiger partial charge in [0, 0.05) is 11.9 Å². The molecular weight excluding hydrogens is 170 g/mol. The van der Waals surface area contributed by atoms with E-state index in [2.05, 4.69) is 15.3 Å². The van der Waals surface area contributed by atoms with Gasteiger partial charge < -0.3 is 5.32 Å². The third-order valence-corrected chi connectivity index (χ3v) is 2.39. The van der Waals surface area contributed by atoms with E-state index in [0.29, 0.717) is 0 Å². The van der Waals surface area contributed by atoms with E-state index in [9.17, 15) is 0 Å². The number of nitrogens with zero attached hydrogens (tertiary/aromatic N) is 2. The molecule has 0 fully saturated rings. The molecule has 12 heavy (non-hydrogen) atoms. The molecular formula is C8H9N3S. The highest BCUT2D eigenvalue weighted by Crippen LogP contribution is 2.14. The largest absolute Gasteiger partial charge is 0.334 e. The van der Waals surface area contributed by atoms with Crippen molar-refractivity contribution in [2.24, 2.45) is 4.99 Å². The van der Waals surface area contributed by atoms with Gasteiger partial charge >= 0.3 is 0 Å². The molecule has 1 aliphatic rings. The Kier molecular flexibility index (Phi) is 2.27. The molecule has 0 radical (unpaired) electrons. The number of aliphatic imine (C=N–C) groups is 1. The SMILES string of the molecule is c1cncc(NC2=NCCS2)c1. The fourth-order valence-electron chi connectivity index (χ4n) is 0.971. The zero-order valence-electron chi connectivity index (χ0n) is 6.53. The Morgan fingerprint density at radius 3 is 3.17 bits per heavy atom. The average molecular weight is 179 g/mol. The molecule has 0 saturated carbocycles. The van der Waals surface area contributed by atoms with Crippen LogP contribution in [0, 0.1) is 0 Å². The van der Waals surface area contributed by atoms with Crippen LogP contribution in [-0.4, -0.2) is 22.4 Å². The van der Waals surface area contributed by atoms with Gasteiger partial charge in [-0.2, -0.15) is 0 Å². The molecule has 0 atom stereocenters. The summed E-state index contributed by atoms with van der Waals surface area (Å²) in [6.45, 7) is 0.924. The van der Waals surface area contributed by atoms with E-state index in [1.165, 1.54) is 0 Å². The highest BCUT2D eigenvalue weighted by Gasteiger charge is 2.05. The summed E-state index contributed by atoms with van der Waals surface area (Å²) in [5.74, 6) is 1.09. The lowest BCUT2D eigenvalue weighted by Gasteiger charge is -2.02. The number of pyridine rings is 1. The maximum Gasteiger partial charge on any atom is 0.161 e. The Balaban J connectivity index is 2.04. The standard InChI is InChI=1S/C8H9N3S/c1-2-7(6-9-3-1)11-8-10-4-5-12-8/h1-3,6H,4-5H2,(H,10,11). The first kappa shape index (κ1) is 7.61. The van der Waals surface area contributed by atoms with Gasteiger partial charge in [-0.25, -0.2) is 0 Å². The molecule has 1 aliphatic heterocycles. The number of thioether (sulfide) groups is 1. The molecule has 0 spiro atoms. The fourth-order valence-corrected chi connectivity index (χ4v) is 1.72. The van der Waals surface area contributed by atoms with Crippen molar-refractivity contribution in [2.75, 3.05) is 17.6 Å². The Morgan fingerprint density at radius 1 is 1.50 bits per heavy atom. The van der Waals surface area contributed by atoms with E-state index in [4.69, 9.17) is 0 Å². The molecule has 0 unspecified atom stereocenters. The molecule has 0 saturated heterocycles. The van der Waals surface area contributed by atoms with E-state index < -0.39 is 0 Å². The fraction of sp³-hybridized carbons (Fsp3) is 0.250. The van der Waals surface area contributed by atoms with Gasteiger partial charge in [-0.3, -0.25) is 9.98 Å². The van der Waals surface area contributed by atoms with Gasteiger partial charge in [0.25, 0.3) is 0 Å². The van der Waals surface area contributed by atoms with Crippen molar-refractivity contribution < 1.29 is 0 Å². The topological polar surface area (TPSA) is 37.3 Å². The van der Waals surface area contributed by atoms with E-state index in [0.717, 1.165) is 23.2 Å². The van der Waals surface area contributed by atoms with Crippen LogP contribution in [0.2, 0.25) is 0 Å². The number of hydrogen-bond donors (Lipinski definition) is 1. The molecule has 0 aromatic carbocycles. The maximum absolute atomic E-state index is 4.27. The zero-order valence-corrected chi connectivity index (χ0v) is 7.34. The number of nitrogens with one attached hydrogen (secondary N) is 1. The summed E-state index contributed by atoms with van der Waals surface area (Å²) in [5, 5.41) is 4.19. The van der Waals surface area contributed by atoms with Gasteiger partial charge in [0.15, 0.2) is 5.17 Å². The Morgan fingerprint density at radius 2 is 2.50 bits per heavy atom. The smallest absolute Gasteiger partial charge is 0.161 e. The minimum Gasteiger partial charge on any atom is -0.334 e. The van der Waals surface area contributed by atoms with Gasteiger partial charge in [-0.15, -0.1) is 0 Å². The van der Waals surface area contributed by atoms with Crippen molar-refractivity contribution in [3.05, 3.63) is 24.5 Å². The summed E-state index contributed by atoms with van der Waals surface area (Å²) < 4.78 is 0. The summed E-state index contributed by atoms with van der Waals surface area (Å²) >= 11 is 1.75. The van der Waals surface area contributed by atoms with Crippen molar-refractivity contribution >= 4 is 22.6 Å². The molecule has 4 heteroatoms. The lowest BCUT2D eigenvalue weighted by Crippen LogP contribution is -2.04. The van der Waals surface area contributed by atoms with Gasteiger partial charge in [0.1, 0.15) is 0 Å². The van der Waals surface area contributed by atoms with Crippen LogP contribution in [0.3, 0.4) is 0 Å². The summed E-state index contributed by atoms with van der Waals surface area (Å²) in [6, 6.07) is 3.89. The maximum atomic E-state index is 4.27. The molecule has 1 aromatic heterocycles. The van der Waals surface area contributed by atoms with Crippen LogP contribution in [0.4, 0.5) is 5.69 Å². The Hall–Kier alpha value is -1.03. The molecule has 1 N–H and O–H groups in total. The quantitative estimate of drug-likeness (QED) is 0.711. The number of amidine groups is 1. The first-order valence-electron chi connectivity index (χ1n) is 3.79. The molecule has 0 bridgehead atoms. The van der Waals surface area contributed by atoms with Crippen LogP contribution in [0.1, 0.15) is 0 Å². The predicted octanol–water partition coefficient (Wildman–Crippen LogP) is 1.60. The monoisotopic (exact) mass is 179 g/mol. The van der Waals surface area contributed by atoms with Crippen LogP contribution >= 0.6 is 11.8 Å². The van der Waals surface area contributed by atoms with E-state index in [1.807, 2.05) is 12.1 Å². The highest BCUT2D eigenvalue weighted by molar-refractivity contribution is 8.14. The van der Waals surface area contributed by atoms with Crippen molar-refractivity contribution in [1.29, 1.82) is 0 Å². The van der Waals surface area contributed by atoms with E-state index in [1.54, 1.807) is 24.2 Å². The second-order valence-electron chi connectivity index (χ2n) is 2.40. The zero-order chi connectivity index (χ0) is 8.23. The minimum absolute atomic E-state index is 0.924. The van der Waals surface area contributed by atoms with Crippen LogP contribution in [0.15, 0.2) is 29.5 Å². The first-order chi connectivity index (χ1) is 5.95. The van der Waals surface area contributed by atoms with Crippen LogP contribution in [0.25, 0.3) is 0 Å². The average Bonchev–Trinajstić information content (AvgIpc) is 2.59. The van der Waals surface area contributed by atoms with Gasteiger partial charge in [-0.1, -0.05) is 11.8 Å². The van der Waals surface area contributed by atoms with Crippen molar-refractivity contribution in [3.8, 4) is 0 Å². The molecule has 3 nitrogen and oxygen atoms in total. The summed E-state index contributed by atoms with van der Waals surface area (Å²) in [5.41, 5.74) is 1.01. The van der Waals surface area contributed by atoms with Crippen molar-refractivity contribution in [2.45, 2.75) is 0 Å². The van der Waals surface area contributed by atoms with Crippen LogP contribution < -0.4 is 5.32 Å². The van der Waals surface area contributed by atoms with Gasteiger partial charge in [-0.05, 0) is 12.1 Å². The second kappa shape index (κ2) is 3.58. The number of aromatic nitrogens is 1. The van der Waals surface area contributed by atoms with Crippen molar-refractivity contribution in [1.82, 2.24) is 4.98 Å². The highest BCUT2D eigenvalue weighted by atomic mass is 32.2. The number of anilines is 1. The second-order valence-corrected chi connectivity index (χ2v) is 3.49. The van der Waals surface area contributed by atoms with Gasteiger partial charge in [0.05, 0.1) is 18.4 Å². The Bertz CT molecular complexity index is 284. The normalized spacial score (nSPS) is 15.8. The number of rotatable bonds is 1. The first-order valence-corrected chi connectivity index (χ1v) is 4.78. The number of hydrogen-bond acceptors (Lipinski definition) is 4. The van der Waals surface area contributed by atoms with E-state index in [-0.39, 0.29) is 0 Å². The predicted molar refractivity (Wildman–Crippen MR) is 52.6 cm³/mol. The third-order valence-electron chi connectivity index (χ3n) is 1.50. The molecule has 2 heterocycles.